The van der Waals surface area contributed by atoms with Crippen molar-refractivity contribution in [2.45, 2.75) is 6.04 Å². The van der Waals surface area contributed by atoms with Crippen molar-refractivity contribution in [3.63, 3.8) is 0 Å². The van der Waals surface area contributed by atoms with Crippen LogP contribution in [0.3, 0.4) is 0 Å². The minimum absolute atomic E-state index is 0.205. The number of hydrogen-bond acceptors (Lipinski definition) is 3. The number of aromatic nitrogens is 1. The number of carbonyl (C=O) groups is 1. The molecule has 0 saturated heterocycles. The second-order valence-corrected chi connectivity index (χ2v) is 3.32. The molecule has 1 amide bonds. The molecular weight excluding hydrogens is 208 g/mol. The molecule has 0 aliphatic carbocycles. The Morgan fingerprint density at radius 2 is 2.44 bits per heavy atom. The molecule has 2 rings (SSSR count). The van der Waals surface area contributed by atoms with Gasteiger partial charge in [-0.05, 0) is 18.2 Å². The minimum Gasteiger partial charge on any atom is -0.467 e. The van der Waals surface area contributed by atoms with E-state index in [4.69, 9.17) is 9.52 Å². The summed E-state index contributed by atoms with van der Waals surface area (Å²) in [6, 6.07) is 4.56. The number of amides is 1. The number of nitrogens with one attached hydrogen (secondary N) is 2. The number of furan rings is 1. The third kappa shape index (κ3) is 2.14. The molecule has 0 aliphatic rings. The van der Waals surface area contributed by atoms with Gasteiger partial charge in [-0.25, -0.2) is 0 Å². The van der Waals surface area contributed by atoms with Gasteiger partial charge in [0.05, 0.1) is 18.4 Å². The van der Waals surface area contributed by atoms with Gasteiger partial charge in [0.2, 0.25) is 0 Å². The number of rotatable bonds is 4. The van der Waals surface area contributed by atoms with Crippen LogP contribution in [-0.4, -0.2) is 22.6 Å². The Balaban J connectivity index is 2.05. The first-order valence-corrected chi connectivity index (χ1v) is 4.89. The van der Waals surface area contributed by atoms with E-state index in [2.05, 4.69) is 10.3 Å². The topological polar surface area (TPSA) is 78.3 Å². The molecule has 1 unspecified atom stereocenters. The Kier molecular flexibility index (Phi) is 3.07. The molecule has 5 heteroatoms. The summed E-state index contributed by atoms with van der Waals surface area (Å²) in [4.78, 5) is 14.5. The van der Waals surface area contributed by atoms with Crippen LogP contribution in [0.15, 0.2) is 41.3 Å². The van der Waals surface area contributed by atoms with E-state index in [1.165, 1.54) is 6.26 Å². The average molecular weight is 220 g/mol. The third-order valence-corrected chi connectivity index (χ3v) is 2.23. The van der Waals surface area contributed by atoms with Gasteiger partial charge in [0.25, 0.3) is 5.91 Å². The molecular formula is C11H12N2O3. The lowest BCUT2D eigenvalue weighted by molar-refractivity contribution is 0.0907. The molecule has 2 aromatic heterocycles. The quantitative estimate of drug-likeness (QED) is 0.721. The zero-order valence-corrected chi connectivity index (χ0v) is 8.51. The summed E-state index contributed by atoms with van der Waals surface area (Å²) in [5.74, 6) is 0.281. The number of hydrogen-bond donors (Lipinski definition) is 3. The molecule has 0 aliphatic heterocycles. The SMILES string of the molecule is O=C(NC(CO)c1ccco1)c1cc[nH]c1. The third-order valence-electron chi connectivity index (χ3n) is 2.23. The van der Waals surface area contributed by atoms with Gasteiger partial charge in [0.15, 0.2) is 0 Å². The van der Waals surface area contributed by atoms with Crippen LogP contribution < -0.4 is 5.32 Å². The minimum atomic E-state index is -0.516. The number of aromatic amines is 1. The monoisotopic (exact) mass is 220 g/mol. The Labute approximate surface area is 92.1 Å². The van der Waals surface area contributed by atoms with Crippen LogP contribution in [0.4, 0.5) is 0 Å². The summed E-state index contributed by atoms with van der Waals surface area (Å²) < 4.78 is 5.12. The summed E-state index contributed by atoms with van der Waals surface area (Å²) in [5, 5.41) is 11.8. The van der Waals surface area contributed by atoms with Gasteiger partial charge in [0, 0.05) is 12.4 Å². The maximum absolute atomic E-state index is 11.7. The molecule has 0 spiro atoms. The number of aliphatic hydroxyl groups is 1. The second kappa shape index (κ2) is 4.67. The summed E-state index contributed by atoms with van der Waals surface area (Å²) in [6.07, 6.45) is 4.75. The lowest BCUT2D eigenvalue weighted by atomic mass is 10.2. The fraction of sp³-hybridized carbons (Fsp3) is 0.182. The van der Waals surface area contributed by atoms with Crippen molar-refractivity contribution in [3.8, 4) is 0 Å². The van der Waals surface area contributed by atoms with Crippen molar-refractivity contribution in [3.05, 3.63) is 48.2 Å². The van der Waals surface area contributed by atoms with Gasteiger partial charge < -0.3 is 19.8 Å². The molecule has 16 heavy (non-hydrogen) atoms. The Morgan fingerprint density at radius 3 is 3.00 bits per heavy atom. The molecule has 2 heterocycles. The van der Waals surface area contributed by atoms with Gasteiger partial charge in [-0.3, -0.25) is 4.79 Å². The molecule has 0 saturated carbocycles. The molecule has 0 bridgehead atoms. The van der Waals surface area contributed by atoms with Crippen LogP contribution in [0.2, 0.25) is 0 Å². The van der Waals surface area contributed by atoms with Gasteiger partial charge >= 0.3 is 0 Å². The Morgan fingerprint density at radius 1 is 1.56 bits per heavy atom. The Hall–Kier alpha value is -2.01. The Bertz CT molecular complexity index is 434. The van der Waals surface area contributed by atoms with Gasteiger partial charge in [0.1, 0.15) is 11.8 Å². The molecule has 2 aromatic rings. The lowest BCUT2D eigenvalue weighted by Crippen LogP contribution is -2.30. The number of aliphatic hydroxyl groups excluding tert-OH is 1. The second-order valence-electron chi connectivity index (χ2n) is 3.32. The van der Waals surface area contributed by atoms with E-state index in [-0.39, 0.29) is 12.5 Å². The van der Waals surface area contributed by atoms with Gasteiger partial charge in [-0.15, -0.1) is 0 Å². The summed E-state index contributed by atoms with van der Waals surface area (Å²) in [5.41, 5.74) is 0.519. The first-order valence-electron chi connectivity index (χ1n) is 4.89. The van der Waals surface area contributed by atoms with E-state index >= 15 is 0 Å². The molecule has 84 valence electrons. The molecule has 0 aromatic carbocycles. The average Bonchev–Trinajstić information content (AvgIpc) is 2.96. The largest absolute Gasteiger partial charge is 0.467 e. The smallest absolute Gasteiger partial charge is 0.253 e. The highest BCUT2D eigenvalue weighted by Crippen LogP contribution is 2.13. The fourth-order valence-corrected chi connectivity index (χ4v) is 1.40. The highest BCUT2D eigenvalue weighted by atomic mass is 16.3. The summed E-state index contributed by atoms with van der Waals surface area (Å²) in [6.45, 7) is -0.205. The highest BCUT2D eigenvalue weighted by Gasteiger charge is 2.17. The summed E-state index contributed by atoms with van der Waals surface area (Å²) >= 11 is 0. The van der Waals surface area contributed by atoms with E-state index < -0.39 is 6.04 Å². The maximum atomic E-state index is 11.7. The molecule has 5 nitrogen and oxygen atoms in total. The fourth-order valence-electron chi connectivity index (χ4n) is 1.40. The van der Waals surface area contributed by atoms with Crippen LogP contribution >= 0.6 is 0 Å². The van der Waals surface area contributed by atoms with Crippen molar-refractivity contribution in [2.75, 3.05) is 6.61 Å². The molecule has 0 radical (unpaired) electrons. The van der Waals surface area contributed by atoms with E-state index in [0.29, 0.717) is 11.3 Å². The van der Waals surface area contributed by atoms with Crippen LogP contribution in [0.5, 0.6) is 0 Å². The van der Waals surface area contributed by atoms with Crippen molar-refractivity contribution in [2.24, 2.45) is 0 Å². The molecule has 0 fully saturated rings. The summed E-state index contributed by atoms with van der Waals surface area (Å²) in [7, 11) is 0. The van der Waals surface area contributed by atoms with Crippen LogP contribution in [0.25, 0.3) is 0 Å². The van der Waals surface area contributed by atoms with Crippen molar-refractivity contribution >= 4 is 5.91 Å². The highest BCUT2D eigenvalue weighted by molar-refractivity contribution is 5.94. The zero-order valence-electron chi connectivity index (χ0n) is 8.51. The van der Waals surface area contributed by atoms with Crippen LogP contribution in [0.1, 0.15) is 22.2 Å². The first-order chi connectivity index (χ1) is 7.81. The zero-order chi connectivity index (χ0) is 11.4. The van der Waals surface area contributed by atoms with E-state index in [0.717, 1.165) is 0 Å². The van der Waals surface area contributed by atoms with Gasteiger partial charge in [-0.2, -0.15) is 0 Å². The van der Waals surface area contributed by atoms with Crippen molar-refractivity contribution in [1.82, 2.24) is 10.3 Å². The molecule has 3 N–H and O–H groups in total. The van der Waals surface area contributed by atoms with Crippen LogP contribution in [0, 0.1) is 0 Å². The van der Waals surface area contributed by atoms with Crippen molar-refractivity contribution in [1.29, 1.82) is 0 Å². The van der Waals surface area contributed by atoms with Crippen LogP contribution in [-0.2, 0) is 0 Å². The number of carbonyl (C=O) groups excluding carboxylic acids is 1. The predicted molar refractivity (Wildman–Crippen MR) is 56.8 cm³/mol. The standard InChI is InChI=1S/C11H12N2O3/c14-7-9(10-2-1-5-16-10)13-11(15)8-3-4-12-6-8/h1-6,9,12,14H,7H2,(H,13,15). The van der Waals surface area contributed by atoms with Gasteiger partial charge in [-0.1, -0.05) is 0 Å². The first kappa shape index (κ1) is 10.5. The van der Waals surface area contributed by atoms with E-state index in [1.807, 2.05) is 0 Å². The van der Waals surface area contributed by atoms with E-state index in [9.17, 15) is 4.79 Å². The van der Waals surface area contributed by atoms with E-state index in [1.54, 1.807) is 30.6 Å². The number of H-pyrrole nitrogens is 1. The predicted octanol–water partition coefficient (Wildman–Crippen LogP) is 1.07. The maximum Gasteiger partial charge on any atom is 0.253 e. The molecule has 1 atom stereocenters. The van der Waals surface area contributed by atoms with Crippen molar-refractivity contribution < 1.29 is 14.3 Å². The lowest BCUT2D eigenvalue weighted by Gasteiger charge is -2.12. The normalized spacial score (nSPS) is 12.3.